The zero-order chi connectivity index (χ0) is 15.2. The molecule has 0 saturated heterocycles. The van der Waals surface area contributed by atoms with Crippen molar-refractivity contribution in [2.75, 3.05) is 13.7 Å². The molecule has 0 amide bonds. The Hall–Kier alpha value is -1.26. The Labute approximate surface area is 122 Å². The van der Waals surface area contributed by atoms with Crippen LogP contribution in [0.15, 0.2) is 0 Å². The summed E-state index contributed by atoms with van der Waals surface area (Å²) in [5.41, 5.74) is 0. The van der Waals surface area contributed by atoms with E-state index in [4.69, 9.17) is 4.74 Å². The van der Waals surface area contributed by atoms with Crippen LogP contribution in [0.5, 0.6) is 0 Å². The molecule has 5 nitrogen and oxygen atoms in total. The third-order valence-corrected chi connectivity index (χ3v) is 3.01. The van der Waals surface area contributed by atoms with Crippen molar-refractivity contribution in [3.63, 3.8) is 0 Å². The lowest BCUT2D eigenvalue weighted by molar-refractivity contribution is -0.153. The molecule has 0 bridgehead atoms. The van der Waals surface area contributed by atoms with Gasteiger partial charge in [-0.3, -0.25) is 0 Å². The lowest BCUT2D eigenvalue weighted by atomic mass is 10.1. The van der Waals surface area contributed by atoms with E-state index in [1.54, 1.807) is 0 Å². The second kappa shape index (κ2) is 12.8. The number of ether oxygens (including phenoxy) is 3. The van der Waals surface area contributed by atoms with Crippen LogP contribution in [0.3, 0.4) is 0 Å². The summed E-state index contributed by atoms with van der Waals surface area (Å²) in [5.74, 6) is -0.529. The molecule has 0 aliphatic heterocycles. The van der Waals surface area contributed by atoms with Crippen LogP contribution >= 0.6 is 0 Å². The molecule has 0 heterocycles. The van der Waals surface area contributed by atoms with Crippen LogP contribution < -0.4 is 0 Å². The van der Waals surface area contributed by atoms with Gasteiger partial charge in [0.2, 0.25) is 0 Å². The van der Waals surface area contributed by atoms with Crippen LogP contribution in [-0.4, -0.2) is 31.9 Å². The molecule has 0 aliphatic rings. The fourth-order valence-corrected chi connectivity index (χ4v) is 1.77. The number of carbonyl (C=O) groups excluding carboxylic acids is 2. The highest BCUT2D eigenvalue weighted by molar-refractivity contribution is 5.76. The Morgan fingerprint density at radius 3 is 2.05 bits per heavy atom. The number of unbranched alkanes of at least 4 members (excludes halogenated alkanes) is 7. The van der Waals surface area contributed by atoms with Crippen LogP contribution in [0.25, 0.3) is 0 Å². The number of esters is 1. The van der Waals surface area contributed by atoms with Gasteiger partial charge >= 0.3 is 12.1 Å². The first-order valence-corrected chi connectivity index (χ1v) is 7.53. The van der Waals surface area contributed by atoms with E-state index >= 15 is 0 Å². The molecular formula is C15H28O5. The number of carbonyl (C=O) groups is 2. The highest BCUT2D eigenvalue weighted by Gasteiger charge is 2.19. The molecular weight excluding hydrogens is 260 g/mol. The molecule has 118 valence electrons. The van der Waals surface area contributed by atoms with Gasteiger partial charge in [0, 0.05) is 0 Å². The molecule has 0 N–H and O–H groups in total. The second-order valence-corrected chi connectivity index (χ2v) is 4.86. The number of rotatable bonds is 11. The van der Waals surface area contributed by atoms with Crippen molar-refractivity contribution in [3.8, 4) is 0 Å². The normalized spacial score (nSPS) is 11.8. The molecule has 20 heavy (non-hydrogen) atoms. The molecule has 0 spiro atoms. The number of hydrogen-bond donors (Lipinski definition) is 0. The Balaban J connectivity index is 3.41. The summed E-state index contributed by atoms with van der Waals surface area (Å²) in [6.07, 6.45) is 7.72. The maximum atomic E-state index is 11.4. The second-order valence-electron chi connectivity index (χ2n) is 4.86. The highest BCUT2D eigenvalue weighted by Crippen LogP contribution is 2.08. The summed E-state index contributed by atoms with van der Waals surface area (Å²) >= 11 is 0. The van der Waals surface area contributed by atoms with Gasteiger partial charge in [0.1, 0.15) is 0 Å². The topological polar surface area (TPSA) is 61.8 Å². The Kier molecular flexibility index (Phi) is 12.0. The van der Waals surface area contributed by atoms with E-state index in [1.807, 2.05) is 0 Å². The van der Waals surface area contributed by atoms with E-state index in [2.05, 4.69) is 16.4 Å². The molecule has 0 aliphatic carbocycles. The minimum Gasteiger partial charge on any atom is -0.463 e. The van der Waals surface area contributed by atoms with Gasteiger partial charge in [-0.05, 0) is 13.3 Å². The summed E-state index contributed by atoms with van der Waals surface area (Å²) in [6, 6.07) is 0. The average Bonchev–Trinajstić information content (AvgIpc) is 2.45. The summed E-state index contributed by atoms with van der Waals surface area (Å²) in [7, 11) is 1.20. The monoisotopic (exact) mass is 288 g/mol. The zero-order valence-corrected chi connectivity index (χ0v) is 13.0. The van der Waals surface area contributed by atoms with Crippen molar-refractivity contribution in [2.45, 2.75) is 71.3 Å². The van der Waals surface area contributed by atoms with E-state index in [1.165, 1.54) is 52.6 Å². The fourth-order valence-electron chi connectivity index (χ4n) is 1.77. The Bertz CT molecular complexity index is 265. The third-order valence-electron chi connectivity index (χ3n) is 3.01. The third kappa shape index (κ3) is 10.6. The molecule has 0 radical (unpaired) electrons. The maximum absolute atomic E-state index is 11.4. The smallest absolute Gasteiger partial charge is 0.463 e. The van der Waals surface area contributed by atoms with Gasteiger partial charge in [0.05, 0.1) is 13.7 Å². The van der Waals surface area contributed by atoms with E-state index in [0.29, 0.717) is 6.61 Å². The molecule has 0 saturated carbocycles. The minimum atomic E-state index is -0.920. The molecule has 0 aromatic heterocycles. The van der Waals surface area contributed by atoms with Gasteiger partial charge in [0.25, 0.3) is 0 Å². The van der Waals surface area contributed by atoms with Gasteiger partial charge in [0.15, 0.2) is 6.10 Å². The summed E-state index contributed by atoms with van der Waals surface area (Å²) in [4.78, 5) is 22.2. The van der Waals surface area contributed by atoms with Crippen LogP contribution in [-0.2, 0) is 19.0 Å². The molecule has 0 fully saturated rings. The largest absolute Gasteiger partial charge is 0.508 e. The SMILES string of the molecule is CCCCCCCCCCOC(=O)[C@H](C)OC(=O)OC. The molecule has 0 aromatic carbocycles. The van der Waals surface area contributed by atoms with Gasteiger partial charge in [-0.2, -0.15) is 0 Å². The quantitative estimate of drug-likeness (QED) is 0.427. The minimum absolute atomic E-state index is 0.378. The summed E-state index contributed by atoms with van der Waals surface area (Å²) in [6.45, 7) is 4.05. The first kappa shape index (κ1) is 18.7. The van der Waals surface area contributed by atoms with Gasteiger partial charge < -0.3 is 14.2 Å². The lowest BCUT2D eigenvalue weighted by Gasteiger charge is -2.11. The van der Waals surface area contributed by atoms with Crippen molar-refractivity contribution in [2.24, 2.45) is 0 Å². The van der Waals surface area contributed by atoms with Crippen LogP contribution in [0, 0.1) is 0 Å². The predicted octanol–water partition coefficient (Wildman–Crippen LogP) is 3.84. The van der Waals surface area contributed by atoms with Crippen molar-refractivity contribution in [1.82, 2.24) is 0 Å². The first-order valence-electron chi connectivity index (χ1n) is 7.53. The molecule has 1 atom stereocenters. The van der Waals surface area contributed by atoms with Crippen LogP contribution in [0.1, 0.15) is 65.2 Å². The molecule has 5 heteroatoms. The van der Waals surface area contributed by atoms with Crippen molar-refractivity contribution < 1.29 is 23.8 Å². The lowest BCUT2D eigenvalue weighted by Crippen LogP contribution is -2.26. The maximum Gasteiger partial charge on any atom is 0.508 e. The average molecular weight is 288 g/mol. The van der Waals surface area contributed by atoms with E-state index in [9.17, 15) is 9.59 Å². The zero-order valence-electron chi connectivity index (χ0n) is 13.0. The van der Waals surface area contributed by atoms with Gasteiger partial charge in [-0.25, -0.2) is 9.59 Å². The van der Waals surface area contributed by atoms with E-state index in [-0.39, 0.29) is 0 Å². The number of methoxy groups -OCH3 is 1. The van der Waals surface area contributed by atoms with Crippen LogP contribution in [0.4, 0.5) is 4.79 Å². The summed E-state index contributed by atoms with van der Waals surface area (Å²) < 4.78 is 14.0. The highest BCUT2D eigenvalue weighted by atomic mass is 16.7. The predicted molar refractivity (Wildman–Crippen MR) is 76.5 cm³/mol. The van der Waals surface area contributed by atoms with Gasteiger partial charge in [-0.1, -0.05) is 51.9 Å². The fraction of sp³-hybridized carbons (Fsp3) is 0.867. The van der Waals surface area contributed by atoms with Crippen LogP contribution in [0.2, 0.25) is 0 Å². The molecule has 0 rings (SSSR count). The van der Waals surface area contributed by atoms with E-state index in [0.717, 1.165) is 12.8 Å². The molecule has 0 unspecified atom stereocenters. The van der Waals surface area contributed by atoms with Gasteiger partial charge in [-0.15, -0.1) is 0 Å². The van der Waals surface area contributed by atoms with Crippen molar-refractivity contribution in [3.05, 3.63) is 0 Å². The Morgan fingerprint density at radius 2 is 1.50 bits per heavy atom. The van der Waals surface area contributed by atoms with Crippen molar-refractivity contribution in [1.29, 1.82) is 0 Å². The standard InChI is InChI=1S/C15H28O5/c1-4-5-6-7-8-9-10-11-12-19-14(16)13(2)20-15(17)18-3/h13H,4-12H2,1-3H3/t13-/m0/s1. The summed E-state index contributed by atoms with van der Waals surface area (Å²) in [5, 5.41) is 0. The number of hydrogen-bond acceptors (Lipinski definition) is 5. The first-order chi connectivity index (χ1) is 9.61. The molecule has 0 aromatic rings. The Morgan fingerprint density at radius 1 is 0.950 bits per heavy atom. The van der Waals surface area contributed by atoms with E-state index < -0.39 is 18.2 Å². The van der Waals surface area contributed by atoms with Crippen molar-refractivity contribution >= 4 is 12.1 Å².